The van der Waals surface area contributed by atoms with Crippen molar-refractivity contribution >= 4 is 34.8 Å². The molecule has 6 nitrogen and oxygen atoms in total. The molecule has 7 heteroatoms. The highest BCUT2D eigenvalue weighted by Crippen LogP contribution is 2.44. The minimum absolute atomic E-state index is 0.302. The number of imide groups is 1. The minimum Gasteiger partial charge on any atom is -0.496 e. The normalized spacial score (nSPS) is 13.5. The van der Waals surface area contributed by atoms with Crippen molar-refractivity contribution in [2.24, 2.45) is 0 Å². The molecule has 0 saturated heterocycles. The summed E-state index contributed by atoms with van der Waals surface area (Å²) >= 11 is 1.26. The van der Waals surface area contributed by atoms with Gasteiger partial charge in [-0.1, -0.05) is 48.2 Å². The molecule has 0 fully saturated rings. The molecule has 3 aromatic rings. The summed E-state index contributed by atoms with van der Waals surface area (Å²) in [6.07, 6.45) is 0. The average molecular weight is 448 g/mol. The fraction of sp³-hybridized carbons (Fsp3) is 0.120. The molecule has 3 aromatic carbocycles. The van der Waals surface area contributed by atoms with Gasteiger partial charge in [0.2, 0.25) is 0 Å². The Morgan fingerprint density at radius 1 is 0.688 bits per heavy atom. The van der Waals surface area contributed by atoms with Crippen LogP contribution in [0.2, 0.25) is 0 Å². The van der Waals surface area contributed by atoms with Crippen LogP contribution in [0.1, 0.15) is 5.56 Å². The lowest BCUT2D eigenvalue weighted by molar-refractivity contribution is -0.119. The van der Waals surface area contributed by atoms with Crippen LogP contribution in [-0.2, 0) is 9.59 Å². The second-order valence-corrected chi connectivity index (χ2v) is 7.89. The Morgan fingerprint density at radius 3 is 2.03 bits per heavy atom. The highest BCUT2D eigenvalue weighted by molar-refractivity contribution is 8.04. The number of carbonyl (C=O) groups is 2. The highest BCUT2D eigenvalue weighted by atomic mass is 32.2. The van der Waals surface area contributed by atoms with Crippen LogP contribution in [0.5, 0.6) is 17.2 Å². The lowest BCUT2D eigenvalue weighted by atomic mass is 10.0. The third kappa shape index (κ3) is 3.83. The van der Waals surface area contributed by atoms with Gasteiger partial charge in [-0.3, -0.25) is 9.59 Å². The number of hydrogen-bond donors (Lipinski definition) is 0. The van der Waals surface area contributed by atoms with E-state index in [0.29, 0.717) is 39.0 Å². The number of amides is 2. The van der Waals surface area contributed by atoms with Gasteiger partial charge in [0.05, 0.1) is 37.5 Å². The lowest BCUT2D eigenvalue weighted by Gasteiger charge is -2.17. The van der Waals surface area contributed by atoms with Gasteiger partial charge in [0.1, 0.15) is 5.75 Å². The number of ether oxygens (including phenoxy) is 3. The Hall–Kier alpha value is -3.71. The number of nitrogens with zero attached hydrogens (tertiary/aromatic N) is 1. The molecule has 32 heavy (non-hydrogen) atoms. The molecule has 2 amide bonds. The molecule has 0 bridgehead atoms. The summed E-state index contributed by atoms with van der Waals surface area (Å²) in [5.41, 5.74) is 1.26. The average Bonchev–Trinajstić information content (AvgIpc) is 3.08. The van der Waals surface area contributed by atoms with Crippen LogP contribution in [0.25, 0.3) is 5.57 Å². The van der Waals surface area contributed by atoms with Crippen molar-refractivity contribution in [2.75, 3.05) is 26.2 Å². The van der Waals surface area contributed by atoms with E-state index in [1.807, 2.05) is 42.5 Å². The molecule has 0 aromatic heterocycles. The smallest absolute Gasteiger partial charge is 0.272 e. The molecule has 1 heterocycles. The molecule has 0 spiro atoms. The maximum atomic E-state index is 13.6. The number of rotatable bonds is 7. The van der Waals surface area contributed by atoms with Crippen LogP contribution < -0.4 is 19.1 Å². The molecule has 0 unspecified atom stereocenters. The molecule has 0 radical (unpaired) electrons. The Balaban J connectivity index is 1.85. The molecule has 1 aliphatic rings. The van der Waals surface area contributed by atoms with E-state index >= 15 is 0 Å². The van der Waals surface area contributed by atoms with Crippen molar-refractivity contribution in [1.82, 2.24) is 0 Å². The van der Waals surface area contributed by atoms with Crippen molar-refractivity contribution in [3.63, 3.8) is 0 Å². The Kier molecular flexibility index (Phi) is 6.18. The van der Waals surface area contributed by atoms with Gasteiger partial charge >= 0.3 is 0 Å². The fourth-order valence-corrected chi connectivity index (χ4v) is 4.50. The van der Waals surface area contributed by atoms with Gasteiger partial charge in [-0.15, -0.1) is 0 Å². The maximum absolute atomic E-state index is 13.6. The second-order valence-electron chi connectivity index (χ2n) is 6.80. The van der Waals surface area contributed by atoms with E-state index in [-0.39, 0.29) is 0 Å². The molecular weight excluding hydrogens is 426 g/mol. The maximum Gasteiger partial charge on any atom is 0.272 e. The van der Waals surface area contributed by atoms with Crippen LogP contribution in [0, 0.1) is 0 Å². The summed E-state index contributed by atoms with van der Waals surface area (Å²) in [6.45, 7) is 0. The van der Waals surface area contributed by atoms with E-state index in [1.165, 1.54) is 33.1 Å². The van der Waals surface area contributed by atoms with Crippen LogP contribution >= 0.6 is 11.8 Å². The van der Waals surface area contributed by atoms with Crippen LogP contribution in [0.4, 0.5) is 5.69 Å². The van der Waals surface area contributed by atoms with E-state index in [2.05, 4.69) is 0 Å². The van der Waals surface area contributed by atoms with E-state index in [4.69, 9.17) is 14.2 Å². The Labute approximate surface area is 190 Å². The standard InChI is InChI=1S/C25H21NO5S/c1-29-19-12-8-7-11-18(19)22-23(32-17-9-5-4-6-10-17)25(28)26(24(22)27)16-13-14-20(30-2)21(15-16)31-3/h4-15H,1-3H3. The van der Waals surface area contributed by atoms with Gasteiger partial charge in [-0.2, -0.15) is 0 Å². The lowest BCUT2D eigenvalue weighted by Crippen LogP contribution is -2.31. The van der Waals surface area contributed by atoms with Crippen molar-refractivity contribution in [3.05, 3.63) is 83.3 Å². The highest BCUT2D eigenvalue weighted by Gasteiger charge is 2.41. The molecule has 4 rings (SSSR count). The topological polar surface area (TPSA) is 65.1 Å². The summed E-state index contributed by atoms with van der Waals surface area (Å²) in [5, 5.41) is 0. The molecule has 162 valence electrons. The first-order chi connectivity index (χ1) is 15.6. The van der Waals surface area contributed by atoms with Gasteiger partial charge < -0.3 is 14.2 Å². The number of benzene rings is 3. The zero-order chi connectivity index (χ0) is 22.7. The van der Waals surface area contributed by atoms with E-state index in [0.717, 1.165) is 9.80 Å². The SMILES string of the molecule is COc1ccc(N2C(=O)C(Sc3ccccc3)=C(c3ccccc3OC)C2=O)cc1OC. The first kappa shape index (κ1) is 21.5. The number of methoxy groups -OCH3 is 3. The first-order valence-corrected chi connectivity index (χ1v) is 10.6. The Morgan fingerprint density at radius 2 is 1.34 bits per heavy atom. The predicted molar refractivity (Wildman–Crippen MR) is 124 cm³/mol. The number of anilines is 1. The third-order valence-electron chi connectivity index (χ3n) is 5.01. The van der Waals surface area contributed by atoms with Crippen LogP contribution in [0.3, 0.4) is 0 Å². The molecule has 0 aliphatic carbocycles. The van der Waals surface area contributed by atoms with Crippen LogP contribution in [0.15, 0.2) is 82.6 Å². The molecule has 1 aliphatic heterocycles. The van der Waals surface area contributed by atoms with Crippen molar-refractivity contribution in [3.8, 4) is 17.2 Å². The minimum atomic E-state index is -0.426. The second kappa shape index (κ2) is 9.20. The van der Waals surface area contributed by atoms with Gasteiger partial charge in [0, 0.05) is 16.5 Å². The van der Waals surface area contributed by atoms with Crippen molar-refractivity contribution in [2.45, 2.75) is 4.90 Å². The summed E-state index contributed by atoms with van der Waals surface area (Å²) in [5.74, 6) is 0.617. The summed E-state index contributed by atoms with van der Waals surface area (Å²) < 4.78 is 16.1. The van der Waals surface area contributed by atoms with E-state index in [1.54, 1.807) is 30.3 Å². The molecule has 0 saturated carbocycles. The van der Waals surface area contributed by atoms with Gasteiger partial charge in [0.15, 0.2) is 11.5 Å². The number of hydrogen-bond acceptors (Lipinski definition) is 6. The number of carbonyl (C=O) groups excluding carboxylic acids is 2. The summed E-state index contributed by atoms with van der Waals surface area (Å²) in [6, 6.07) is 21.6. The quantitative estimate of drug-likeness (QED) is 0.485. The number of para-hydroxylation sites is 1. The van der Waals surface area contributed by atoms with Crippen molar-refractivity contribution in [1.29, 1.82) is 0 Å². The van der Waals surface area contributed by atoms with Gasteiger partial charge in [0.25, 0.3) is 11.8 Å². The predicted octanol–water partition coefficient (Wildman–Crippen LogP) is 4.79. The molecular formula is C25H21NO5S. The van der Waals surface area contributed by atoms with Crippen molar-refractivity contribution < 1.29 is 23.8 Å². The third-order valence-corrected chi connectivity index (χ3v) is 6.10. The monoisotopic (exact) mass is 447 g/mol. The van der Waals surface area contributed by atoms with Gasteiger partial charge in [-0.05, 0) is 30.3 Å². The summed E-state index contributed by atoms with van der Waals surface area (Å²) in [4.78, 5) is 29.6. The largest absolute Gasteiger partial charge is 0.496 e. The first-order valence-electron chi connectivity index (χ1n) is 9.80. The Bertz CT molecular complexity index is 1210. The molecule has 0 atom stereocenters. The zero-order valence-electron chi connectivity index (χ0n) is 17.8. The number of thioether (sulfide) groups is 1. The van der Waals surface area contributed by atoms with Gasteiger partial charge in [-0.25, -0.2) is 4.90 Å². The van der Waals surface area contributed by atoms with E-state index < -0.39 is 11.8 Å². The molecule has 0 N–H and O–H groups in total. The zero-order valence-corrected chi connectivity index (χ0v) is 18.6. The van der Waals surface area contributed by atoms with Crippen LogP contribution in [-0.4, -0.2) is 33.1 Å². The summed E-state index contributed by atoms with van der Waals surface area (Å²) in [7, 11) is 4.57. The fourth-order valence-electron chi connectivity index (χ4n) is 3.50. The van der Waals surface area contributed by atoms with E-state index in [9.17, 15) is 9.59 Å².